The minimum absolute atomic E-state index is 0.0606. The number of carbonyl (C=O) groups is 3. The van der Waals surface area contributed by atoms with Crippen LogP contribution in [0.15, 0.2) is 42.0 Å². The molecule has 0 spiro atoms. The molecule has 10 heteroatoms. The van der Waals surface area contributed by atoms with Crippen molar-refractivity contribution in [1.82, 2.24) is 5.32 Å². The van der Waals surface area contributed by atoms with Gasteiger partial charge in [-0.15, -0.1) is 0 Å². The van der Waals surface area contributed by atoms with Gasteiger partial charge in [-0.3, -0.25) is 25.0 Å². The Morgan fingerprint density at radius 3 is 2.43 bits per heavy atom. The third-order valence-corrected chi connectivity index (χ3v) is 4.51. The molecule has 3 rings (SSSR count). The van der Waals surface area contributed by atoms with Crippen LogP contribution in [0.2, 0.25) is 0 Å². The monoisotopic (exact) mass is 411 g/mol. The van der Waals surface area contributed by atoms with Crippen molar-refractivity contribution in [3.63, 3.8) is 0 Å². The zero-order valence-corrected chi connectivity index (χ0v) is 16.0. The summed E-state index contributed by atoms with van der Waals surface area (Å²) in [6.07, 6.45) is 1.86. The molecule has 1 aliphatic heterocycles. The quantitative estimate of drug-likeness (QED) is 0.333. The summed E-state index contributed by atoms with van der Waals surface area (Å²) >= 11 is 0. The molecule has 10 nitrogen and oxygen atoms in total. The Labute approximate surface area is 170 Å². The number of imide groups is 2. The number of nitro benzene ring substituents is 1. The molecule has 0 aliphatic carbocycles. The Morgan fingerprint density at radius 2 is 1.87 bits per heavy atom. The molecule has 0 saturated carbocycles. The van der Waals surface area contributed by atoms with Crippen molar-refractivity contribution < 1.29 is 29.2 Å². The number of aromatic hydroxyl groups is 1. The predicted octanol–water partition coefficient (Wildman–Crippen LogP) is 2.54. The van der Waals surface area contributed by atoms with Crippen LogP contribution in [-0.4, -0.2) is 35.0 Å². The maximum Gasteiger partial charge on any atom is 0.335 e. The minimum atomic E-state index is -0.943. The fourth-order valence-corrected chi connectivity index (χ4v) is 2.93. The SMILES string of the molecule is CCc1ccc(N2C(=O)NC(=O)/C(=C/c3cc(OC)c(O)c([N+](=O)[O-])c3)C2=O)cc1. The topological polar surface area (TPSA) is 139 Å². The molecule has 1 fully saturated rings. The summed E-state index contributed by atoms with van der Waals surface area (Å²) in [6, 6.07) is 7.99. The number of ether oxygens (including phenoxy) is 1. The Balaban J connectivity index is 2.06. The Morgan fingerprint density at radius 1 is 1.20 bits per heavy atom. The lowest BCUT2D eigenvalue weighted by Gasteiger charge is -2.26. The van der Waals surface area contributed by atoms with Crippen LogP contribution < -0.4 is 15.0 Å². The molecule has 1 heterocycles. The van der Waals surface area contributed by atoms with Crippen LogP contribution in [0, 0.1) is 10.1 Å². The van der Waals surface area contributed by atoms with E-state index in [4.69, 9.17) is 4.74 Å². The van der Waals surface area contributed by atoms with E-state index in [0.29, 0.717) is 0 Å². The second-order valence-electron chi connectivity index (χ2n) is 6.33. The van der Waals surface area contributed by atoms with Gasteiger partial charge < -0.3 is 9.84 Å². The van der Waals surface area contributed by atoms with Crippen molar-refractivity contribution in [2.24, 2.45) is 0 Å². The minimum Gasteiger partial charge on any atom is -0.500 e. The second-order valence-corrected chi connectivity index (χ2v) is 6.33. The predicted molar refractivity (Wildman–Crippen MR) is 106 cm³/mol. The molecule has 2 aromatic rings. The van der Waals surface area contributed by atoms with Crippen molar-refractivity contribution in [1.29, 1.82) is 0 Å². The summed E-state index contributed by atoms with van der Waals surface area (Å²) in [5.74, 6) is -2.72. The number of nitro groups is 1. The third-order valence-electron chi connectivity index (χ3n) is 4.51. The van der Waals surface area contributed by atoms with Crippen LogP contribution in [-0.2, 0) is 16.0 Å². The fraction of sp³-hybridized carbons (Fsp3) is 0.150. The van der Waals surface area contributed by atoms with Crippen molar-refractivity contribution in [2.45, 2.75) is 13.3 Å². The highest BCUT2D eigenvalue weighted by Crippen LogP contribution is 2.37. The summed E-state index contributed by atoms with van der Waals surface area (Å²) in [5.41, 5.74) is 0.260. The summed E-state index contributed by atoms with van der Waals surface area (Å²) in [7, 11) is 1.20. The molecule has 4 amide bonds. The van der Waals surface area contributed by atoms with E-state index >= 15 is 0 Å². The number of phenolic OH excluding ortho intramolecular Hbond substituents is 1. The van der Waals surface area contributed by atoms with Crippen molar-refractivity contribution in [3.8, 4) is 11.5 Å². The van der Waals surface area contributed by atoms with E-state index in [0.717, 1.165) is 29.0 Å². The van der Waals surface area contributed by atoms with E-state index in [1.807, 2.05) is 6.92 Å². The third kappa shape index (κ3) is 3.70. The van der Waals surface area contributed by atoms with Crippen LogP contribution in [0.25, 0.3) is 6.08 Å². The summed E-state index contributed by atoms with van der Waals surface area (Å²) in [4.78, 5) is 48.6. The molecule has 2 N–H and O–H groups in total. The molecule has 154 valence electrons. The van der Waals surface area contributed by atoms with E-state index < -0.39 is 39.8 Å². The zero-order chi connectivity index (χ0) is 22.0. The molecule has 1 saturated heterocycles. The number of hydrogen-bond donors (Lipinski definition) is 2. The number of urea groups is 1. The first-order valence-electron chi connectivity index (χ1n) is 8.82. The summed E-state index contributed by atoms with van der Waals surface area (Å²) in [5, 5.41) is 23.1. The number of hydrogen-bond acceptors (Lipinski definition) is 7. The van der Waals surface area contributed by atoms with Crippen LogP contribution >= 0.6 is 0 Å². The van der Waals surface area contributed by atoms with Crippen molar-refractivity contribution in [2.75, 3.05) is 12.0 Å². The van der Waals surface area contributed by atoms with Gasteiger partial charge in [0.2, 0.25) is 5.75 Å². The fourth-order valence-electron chi connectivity index (χ4n) is 2.93. The maximum absolute atomic E-state index is 12.9. The number of phenols is 1. The number of barbiturate groups is 1. The zero-order valence-electron chi connectivity index (χ0n) is 16.0. The highest BCUT2D eigenvalue weighted by molar-refractivity contribution is 6.39. The van der Waals surface area contributed by atoms with Crippen LogP contribution in [0.1, 0.15) is 18.1 Å². The van der Waals surface area contributed by atoms with Gasteiger partial charge in [0.15, 0.2) is 5.75 Å². The number of anilines is 1. The lowest BCUT2D eigenvalue weighted by atomic mass is 10.0. The number of carbonyl (C=O) groups excluding carboxylic acids is 3. The van der Waals surface area contributed by atoms with E-state index in [9.17, 15) is 29.6 Å². The molecule has 0 aromatic heterocycles. The highest BCUT2D eigenvalue weighted by Gasteiger charge is 2.37. The Kier molecular flexibility index (Phi) is 5.50. The Bertz CT molecular complexity index is 1090. The molecule has 2 aromatic carbocycles. The molecule has 0 bridgehead atoms. The normalized spacial score (nSPS) is 15.3. The number of rotatable bonds is 5. The van der Waals surface area contributed by atoms with Gasteiger partial charge in [-0.2, -0.15) is 0 Å². The molecule has 0 radical (unpaired) electrons. The summed E-state index contributed by atoms with van der Waals surface area (Å²) in [6.45, 7) is 1.96. The number of methoxy groups -OCH3 is 1. The first-order valence-corrected chi connectivity index (χ1v) is 8.82. The van der Waals surface area contributed by atoms with Crippen LogP contribution in [0.3, 0.4) is 0 Å². The number of nitrogens with one attached hydrogen (secondary N) is 1. The van der Waals surface area contributed by atoms with E-state index in [-0.39, 0.29) is 17.0 Å². The van der Waals surface area contributed by atoms with Crippen LogP contribution in [0.5, 0.6) is 11.5 Å². The molecule has 0 unspecified atom stereocenters. The number of benzene rings is 2. The van der Waals surface area contributed by atoms with Crippen molar-refractivity contribution >= 4 is 35.3 Å². The Hall–Kier alpha value is -4.21. The van der Waals surface area contributed by atoms with Gasteiger partial charge in [0.05, 0.1) is 17.7 Å². The van der Waals surface area contributed by atoms with Gasteiger partial charge in [0, 0.05) is 6.07 Å². The van der Waals surface area contributed by atoms with Gasteiger partial charge in [-0.05, 0) is 41.8 Å². The number of nitrogens with zero attached hydrogens (tertiary/aromatic N) is 2. The highest BCUT2D eigenvalue weighted by atomic mass is 16.6. The molecular weight excluding hydrogens is 394 g/mol. The molecular formula is C20H17N3O7. The van der Waals surface area contributed by atoms with Gasteiger partial charge in [0.25, 0.3) is 11.8 Å². The lowest BCUT2D eigenvalue weighted by Crippen LogP contribution is -2.54. The first kappa shape index (κ1) is 20.5. The standard InChI is InChI=1S/C20H17N3O7/c1-3-11-4-6-13(7-5-11)22-19(26)14(18(25)21-20(22)27)8-12-9-15(23(28)29)17(24)16(10-12)30-2/h4-10,24H,3H2,1-2H3,(H,21,25,27)/b14-8-. The average Bonchev–Trinajstić information content (AvgIpc) is 2.72. The summed E-state index contributed by atoms with van der Waals surface area (Å²) < 4.78 is 4.91. The number of aryl methyl sites for hydroxylation is 1. The van der Waals surface area contributed by atoms with Gasteiger partial charge in [-0.25, -0.2) is 9.69 Å². The van der Waals surface area contributed by atoms with E-state index in [2.05, 4.69) is 5.32 Å². The lowest BCUT2D eigenvalue weighted by molar-refractivity contribution is -0.386. The van der Waals surface area contributed by atoms with Gasteiger partial charge >= 0.3 is 11.7 Å². The van der Waals surface area contributed by atoms with Crippen LogP contribution in [0.4, 0.5) is 16.2 Å². The second kappa shape index (κ2) is 8.03. The van der Waals surface area contributed by atoms with Gasteiger partial charge in [-0.1, -0.05) is 19.1 Å². The molecule has 0 atom stereocenters. The van der Waals surface area contributed by atoms with Gasteiger partial charge in [0.1, 0.15) is 5.57 Å². The smallest absolute Gasteiger partial charge is 0.335 e. The molecule has 30 heavy (non-hydrogen) atoms. The van der Waals surface area contributed by atoms with E-state index in [1.54, 1.807) is 24.3 Å². The molecule has 1 aliphatic rings. The van der Waals surface area contributed by atoms with E-state index in [1.165, 1.54) is 13.2 Å². The maximum atomic E-state index is 12.9. The largest absolute Gasteiger partial charge is 0.500 e. The first-order chi connectivity index (χ1) is 14.3. The van der Waals surface area contributed by atoms with Crippen molar-refractivity contribution in [3.05, 3.63) is 63.2 Å². The average molecular weight is 411 g/mol. The number of amides is 4.